The average molecular weight is 566 g/mol. The van der Waals surface area contributed by atoms with Gasteiger partial charge in [0.25, 0.3) is 17.5 Å². The third kappa shape index (κ3) is 8.11. The Morgan fingerprint density at radius 2 is 1.73 bits per heavy atom. The van der Waals surface area contributed by atoms with Crippen molar-refractivity contribution in [3.63, 3.8) is 0 Å². The Balaban J connectivity index is 1.83. The Kier molecular flexibility index (Phi) is 9.22. The molecule has 0 atom stereocenters. The molecule has 3 aromatic carbocycles. The number of carboxylic acid groups (broad SMARTS) is 1. The first kappa shape index (κ1) is 26.8. The first-order valence-corrected chi connectivity index (χ1v) is 11.3. The predicted octanol–water partition coefficient (Wildman–Crippen LogP) is 2.41. The van der Waals surface area contributed by atoms with Crippen molar-refractivity contribution in [3.8, 4) is 5.75 Å². The van der Waals surface area contributed by atoms with E-state index >= 15 is 0 Å². The van der Waals surface area contributed by atoms with Crippen molar-refractivity contribution >= 4 is 51.7 Å². The van der Waals surface area contributed by atoms with Crippen LogP contribution in [0.1, 0.15) is 21.5 Å². The van der Waals surface area contributed by atoms with Gasteiger partial charge in [-0.1, -0.05) is 34.1 Å². The lowest BCUT2D eigenvalue weighted by Gasteiger charge is -2.11. The average Bonchev–Trinajstić information content (AvgIpc) is 2.88. The highest BCUT2D eigenvalue weighted by atomic mass is 79.9. The second-order valence-electron chi connectivity index (χ2n) is 7.27. The predicted molar refractivity (Wildman–Crippen MR) is 135 cm³/mol. The monoisotopic (exact) mass is 565 g/mol. The van der Waals surface area contributed by atoms with Gasteiger partial charge >= 0.3 is 0 Å². The van der Waals surface area contributed by atoms with Crippen LogP contribution in [0, 0.1) is 10.1 Å². The SMILES string of the molecule is O=C([O-])COc1ccc(Br)cc1C=NNC(=O)C(=Cc1ccc([N+](=O)[O-])cc1)NC(=O)c1ccccc1. The molecular weight excluding hydrogens is 548 g/mol. The minimum absolute atomic E-state index is 0.133. The molecule has 0 bridgehead atoms. The van der Waals surface area contributed by atoms with Crippen molar-refractivity contribution in [2.45, 2.75) is 0 Å². The Morgan fingerprint density at radius 3 is 2.38 bits per heavy atom. The number of benzene rings is 3. The zero-order valence-electron chi connectivity index (χ0n) is 18.9. The summed E-state index contributed by atoms with van der Waals surface area (Å²) in [7, 11) is 0. The van der Waals surface area contributed by atoms with E-state index in [-0.39, 0.29) is 17.1 Å². The molecule has 0 radical (unpaired) electrons. The highest BCUT2D eigenvalue weighted by molar-refractivity contribution is 9.10. The first-order chi connectivity index (χ1) is 17.7. The van der Waals surface area contributed by atoms with E-state index in [0.717, 1.165) is 0 Å². The molecule has 0 spiro atoms. The second kappa shape index (κ2) is 12.7. The van der Waals surface area contributed by atoms with E-state index in [4.69, 9.17) is 4.74 Å². The van der Waals surface area contributed by atoms with Crippen LogP contribution in [0.25, 0.3) is 6.08 Å². The number of halogens is 1. The molecule has 0 aromatic heterocycles. The Labute approximate surface area is 218 Å². The number of nitro groups is 1. The number of nitrogens with zero attached hydrogens (tertiary/aromatic N) is 2. The van der Waals surface area contributed by atoms with Crippen LogP contribution in [0.3, 0.4) is 0 Å². The number of hydrogen-bond donors (Lipinski definition) is 2. The normalized spacial score (nSPS) is 11.1. The van der Waals surface area contributed by atoms with E-state index in [9.17, 15) is 29.6 Å². The van der Waals surface area contributed by atoms with Gasteiger partial charge in [0.2, 0.25) is 0 Å². The summed E-state index contributed by atoms with van der Waals surface area (Å²) in [6.07, 6.45) is 2.57. The van der Waals surface area contributed by atoms with Crippen LogP contribution in [-0.2, 0) is 9.59 Å². The molecule has 12 heteroatoms. The van der Waals surface area contributed by atoms with Gasteiger partial charge in [0.15, 0.2) is 0 Å². The van der Waals surface area contributed by atoms with E-state index in [0.29, 0.717) is 21.2 Å². The highest BCUT2D eigenvalue weighted by Gasteiger charge is 2.15. The van der Waals surface area contributed by atoms with Crippen molar-refractivity contribution in [2.24, 2.45) is 5.10 Å². The fraction of sp³-hybridized carbons (Fsp3) is 0.0400. The smallest absolute Gasteiger partial charge is 0.287 e. The standard InChI is InChI=1S/C25H19BrN4O7/c26-19-8-11-22(37-15-23(31)32)18(13-19)14-27-29-25(34)21(28-24(33)17-4-2-1-3-5-17)12-16-6-9-20(10-7-16)30(35)36/h1-14H,15H2,(H,28,33)(H,29,34)(H,31,32)/p-1. The quantitative estimate of drug-likeness (QED) is 0.165. The summed E-state index contributed by atoms with van der Waals surface area (Å²) in [6.45, 7) is -0.678. The van der Waals surface area contributed by atoms with E-state index in [1.165, 1.54) is 42.6 Å². The summed E-state index contributed by atoms with van der Waals surface area (Å²) in [6, 6.07) is 18.3. The number of ether oxygens (including phenoxy) is 1. The molecule has 2 N–H and O–H groups in total. The van der Waals surface area contributed by atoms with Crippen molar-refractivity contribution in [2.75, 3.05) is 6.61 Å². The molecular formula is C25H18BrN4O7-. The number of aliphatic carboxylic acids is 1. The fourth-order valence-corrected chi connectivity index (χ4v) is 3.29. The number of nitro benzene ring substituents is 1. The summed E-state index contributed by atoms with van der Waals surface area (Å²) in [5, 5.41) is 28.0. The number of carboxylic acids is 1. The number of rotatable bonds is 10. The van der Waals surface area contributed by atoms with Crippen LogP contribution in [0.4, 0.5) is 5.69 Å². The molecule has 0 unspecified atom stereocenters. The Hall–Kier alpha value is -4.84. The van der Waals surface area contributed by atoms with E-state index < -0.39 is 29.3 Å². The molecule has 0 fully saturated rings. The summed E-state index contributed by atoms with van der Waals surface area (Å²) >= 11 is 3.29. The summed E-state index contributed by atoms with van der Waals surface area (Å²) < 4.78 is 5.81. The minimum Gasteiger partial charge on any atom is -0.546 e. The van der Waals surface area contributed by atoms with Gasteiger partial charge in [-0.3, -0.25) is 19.7 Å². The van der Waals surface area contributed by atoms with Gasteiger partial charge < -0.3 is 20.0 Å². The zero-order valence-corrected chi connectivity index (χ0v) is 20.5. The van der Waals surface area contributed by atoms with Crippen molar-refractivity contribution in [3.05, 3.63) is 110 Å². The maximum Gasteiger partial charge on any atom is 0.287 e. The molecule has 37 heavy (non-hydrogen) atoms. The van der Waals surface area contributed by atoms with Gasteiger partial charge in [-0.2, -0.15) is 5.10 Å². The topological polar surface area (TPSA) is 163 Å². The number of carbonyl (C=O) groups excluding carboxylic acids is 3. The van der Waals surface area contributed by atoms with E-state index in [1.54, 1.807) is 42.5 Å². The second-order valence-corrected chi connectivity index (χ2v) is 8.18. The summed E-state index contributed by atoms with van der Waals surface area (Å²) in [4.78, 5) is 46.6. The molecule has 188 valence electrons. The third-order valence-corrected chi connectivity index (χ3v) is 5.12. The van der Waals surface area contributed by atoms with Crippen LogP contribution in [-0.4, -0.2) is 35.5 Å². The van der Waals surface area contributed by atoms with E-state index in [2.05, 4.69) is 31.8 Å². The zero-order chi connectivity index (χ0) is 26.8. The molecule has 0 heterocycles. The molecule has 11 nitrogen and oxygen atoms in total. The molecule has 0 saturated heterocycles. The maximum absolute atomic E-state index is 12.9. The fourth-order valence-electron chi connectivity index (χ4n) is 2.91. The van der Waals surface area contributed by atoms with Gasteiger partial charge in [0, 0.05) is 27.7 Å². The molecule has 3 aromatic rings. The number of hydrogen-bond acceptors (Lipinski definition) is 8. The van der Waals surface area contributed by atoms with Crippen molar-refractivity contribution < 1.29 is 29.2 Å². The van der Waals surface area contributed by atoms with Crippen LogP contribution in [0.2, 0.25) is 0 Å². The lowest BCUT2D eigenvalue weighted by atomic mass is 10.1. The van der Waals surface area contributed by atoms with Crippen molar-refractivity contribution in [1.29, 1.82) is 0 Å². The number of nitrogens with one attached hydrogen (secondary N) is 2. The molecule has 0 aliphatic rings. The van der Waals surface area contributed by atoms with Gasteiger partial charge in [-0.25, -0.2) is 5.43 Å². The van der Waals surface area contributed by atoms with Crippen LogP contribution < -0.4 is 20.6 Å². The Morgan fingerprint density at radius 1 is 1.03 bits per heavy atom. The largest absolute Gasteiger partial charge is 0.546 e. The van der Waals surface area contributed by atoms with Gasteiger partial charge in [-0.15, -0.1) is 0 Å². The molecule has 2 amide bonds. The van der Waals surface area contributed by atoms with Crippen molar-refractivity contribution in [1.82, 2.24) is 10.7 Å². The lowest BCUT2D eigenvalue weighted by molar-refractivity contribution is -0.384. The number of amides is 2. The van der Waals surface area contributed by atoms with Crippen LogP contribution in [0.5, 0.6) is 5.75 Å². The number of carbonyl (C=O) groups is 3. The molecule has 0 saturated carbocycles. The van der Waals surface area contributed by atoms with Gasteiger partial charge in [0.1, 0.15) is 18.1 Å². The molecule has 0 aliphatic carbocycles. The van der Waals surface area contributed by atoms with E-state index in [1.807, 2.05) is 0 Å². The lowest BCUT2D eigenvalue weighted by Crippen LogP contribution is -2.32. The maximum atomic E-state index is 12.9. The molecule has 3 rings (SSSR count). The third-order valence-electron chi connectivity index (χ3n) is 4.63. The van der Waals surface area contributed by atoms with Crippen LogP contribution in [0.15, 0.2) is 88.1 Å². The van der Waals surface area contributed by atoms with Gasteiger partial charge in [-0.05, 0) is 54.1 Å². The highest BCUT2D eigenvalue weighted by Crippen LogP contribution is 2.22. The summed E-state index contributed by atoms with van der Waals surface area (Å²) in [5.74, 6) is -2.57. The van der Waals surface area contributed by atoms with Crippen LogP contribution >= 0.6 is 15.9 Å². The molecule has 0 aliphatic heterocycles. The number of hydrazone groups is 1. The van der Waals surface area contributed by atoms with Gasteiger partial charge in [0.05, 0.1) is 17.1 Å². The first-order valence-electron chi connectivity index (χ1n) is 10.5. The summed E-state index contributed by atoms with van der Waals surface area (Å²) in [5.41, 5.74) is 3.05. The number of non-ortho nitro benzene ring substituents is 1. The minimum atomic E-state index is -1.41. The Bertz CT molecular complexity index is 1370.